The zero-order valence-electron chi connectivity index (χ0n) is 19.1. The molecule has 4 aromatic rings. The van der Waals surface area contributed by atoms with Crippen LogP contribution in [0, 0.1) is 0 Å². The van der Waals surface area contributed by atoms with Crippen LogP contribution in [0.1, 0.15) is 18.2 Å². The molecule has 1 aliphatic rings. The van der Waals surface area contributed by atoms with Crippen molar-refractivity contribution in [3.63, 3.8) is 0 Å². The van der Waals surface area contributed by atoms with Gasteiger partial charge in [0.25, 0.3) is 0 Å². The van der Waals surface area contributed by atoms with Gasteiger partial charge in [-0.1, -0.05) is 54.6 Å². The molecule has 0 fully saturated rings. The van der Waals surface area contributed by atoms with E-state index in [2.05, 4.69) is 91.2 Å². The molecule has 34 heavy (non-hydrogen) atoms. The molecule has 1 aromatic heterocycles. The lowest BCUT2D eigenvalue weighted by Gasteiger charge is -2.25. The highest BCUT2D eigenvalue weighted by Crippen LogP contribution is 2.42. The molecule has 0 aliphatic carbocycles. The van der Waals surface area contributed by atoms with Crippen LogP contribution in [-0.2, 0) is 17.9 Å². The first-order valence-corrected chi connectivity index (χ1v) is 12.1. The topological polar surface area (TPSA) is 64.3 Å². The molecule has 0 atom stereocenters. The molecule has 0 unspecified atom stereocenters. The maximum absolute atomic E-state index is 11.5. The van der Waals surface area contributed by atoms with Gasteiger partial charge in [-0.2, -0.15) is 0 Å². The third-order valence-electron chi connectivity index (χ3n) is 5.85. The Hall–Kier alpha value is -3.71. The van der Waals surface area contributed by atoms with Crippen LogP contribution in [0.5, 0.6) is 0 Å². The Labute approximate surface area is 204 Å². The average Bonchev–Trinajstić information content (AvgIpc) is 3.31. The van der Waals surface area contributed by atoms with Crippen molar-refractivity contribution in [3.05, 3.63) is 96.6 Å². The van der Waals surface area contributed by atoms with Gasteiger partial charge in [0.05, 0.1) is 34.8 Å². The van der Waals surface area contributed by atoms with E-state index in [4.69, 9.17) is 0 Å². The first-order chi connectivity index (χ1) is 16.7. The SMILES string of the molecule is CC(=O)NCc1ccc2c(c1)SN(c1ccccc1-c1ccccc1)CCN2Cc1c[nH]cn1. The van der Waals surface area contributed by atoms with E-state index in [0.717, 1.165) is 30.9 Å². The lowest BCUT2D eigenvalue weighted by molar-refractivity contribution is -0.119. The second-order valence-electron chi connectivity index (χ2n) is 8.27. The van der Waals surface area contributed by atoms with Crippen molar-refractivity contribution in [1.82, 2.24) is 15.3 Å². The summed E-state index contributed by atoms with van der Waals surface area (Å²) in [5.74, 6) is -0.0267. The largest absolute Gasteiger partial charge is 0.363 e. The van der Waals surface area contributed by atoms with E-state index in [1.165, 1.54) is 27.4 Å². The third-order valence-corrected chi connectivity index (χ3v) is 6.98. The van der Waals surface area contributed by atoms with Gasteiger partial charge < -0.3 is 19.5 Å². The summed E-state index contributed by atoms with van der Waals surface area (Å²) >= 11 is 1.76. The van der Waals surface area contributed by atoms with Crippen LogP contribution >= 0.6 is 11.9 Å². The van der Waals surface area contributed by atoms with Gasteiger partial charge in [-0.05, 0) is 41.3 Å². The van der Waals surface area contributed by atoms with E-state index < -0.39 is 0 Å². The Morgan fingerprint density at radius 1 is 1.03 bits per heavy atom. The number of benzene rings is 3. The predicted octanol–water partition coefficient (Wildman–Crippen LogP) is 5.25. The number of rotatable bonds is 6. The van der Waals surface area contributed by atoms with Crippen LogP contribution in [0.4, 0.5) is 11.4 Å². The number of hydrogen-bond donors (Lipinski definition) is 2. The summed E-state index contributed by atoms with van der Waals surface area (Å²) in [6, 6.07) is 25.6. The second kappa shape index (κ2) is 10.1. The van der Waals surface area contributed by atoms with Crippen LogP contribution < -0.4 is 14.5 Å². The molecule has 1 aliphatic heterocycles. The van der Waals surface area contributed by atoms with Crippen molar-refractivity contribution < 1.29 is 4.79 Å². The first-order valence-electron chi connectivity index (χ1n) is 11.4. The van der Waals surface area contributed by atoms with Crippen molar-refractivity contribution >= 4 is 29.2 Å². The summed E-state index contributed by atoms with van der Waals surface area (Å²) in [5, 5.41) is 2.92. The molecule has 2 heterocycles. The Morgan fingerprint density at radius 3 is 2.65 bits per heavy atom. The van der Waals surface area contributed by atoms with Crippen LogP contribution in [-0.4, -0.2) is 29.0 Å². The predicted molar refractivity (Wildman–Crippen MR) is 139 cm³/mol. The summed E-state index contributed by atoms with van der Waals surface area (Å²) in [7, 11) is 0. The van der Waals surface area contributed by atoms with Gasteiger partial charge in [0.1, 0.15) is 0 Å². The molecule has 172 valence electrons. The van der Waals surface area contributed by atoms with Gasteiger partial charge in [-0.3, -0.25) is 4.79 Å². The van der Waals surface area contributed by atoms with Crippen molar-refractivity contribution in [2.24, 2.45) is 0 Å². The summed E-state index contributed by atoms with van der Waals surface area (Å²) < 4.78 is 2.38. The summed E-state index contributed by atoms with van der Waals surface area (Å²) in [6.07, 6.45) is 3.67. The van der Waals surface area contributed by atoms with E-state index >= 15 is 0 Å². The summed E-state index contributed by atoms with van der Waals surface area (Å²) in [5.41, 5.74) is 6.89. The van der Waals surface area contributed by atoms with Crippen molar-refractivity contribution in [2.75, 3.05) is 22.3 Å². The average molecular weight is 470 g/mol. The molecule has 0 saturated heterocycles. The quantitative estimate of drug-likeness (QED) is 0.378. The fourth-order valence-electron chi connectivity index (χ4n) is 4.19. The van der Waals surface area contributed by atoms with E-state index in [1.807, 2.05) is 12.3 Å². The molecule has 0 bridgehead atoms. The molecule has 6 nitrogen and oxygen atoms in total. The van der Waals surface area contributed by atoms with Crippen molar-refractivity contribution in [1.29, 1.82) is 0 Å². The van der Waals surface area contributed by atoms with E-state index in [0.29, 0.717) is 6.54 Å². The fraction of sp³-hybridized carbons (Fsp3) is 0.185. The van der Waals surface area contributed by atoms with Crippen LogP contribution in [0.25, 0.3) is 11.1 Å². The lowest BCUT2D eigenvalue weighted by Crippen LogP contribution is -2.30. The number of aromatic nitrogens is 2. The number of carbonyl (C=O) groups excluding carboxylic acids is 1. The minimum Gasteiger partial charge on any atom is -0.363 e. The number of H-pyrrole nitrogens is 1. The molecule has 3 aromatic carbocycles. The summed E-state index contributed by atoms with van der Waals surface area (Å²) in [4.78, 5) is 22.5. The number of fused-ring (bicyclic) bond motifs is 1. The Balaban J connectivity index is 1.51. The standard InChI is InChI=1S/C27H27N5OS/c1-20(33)29-16-21-11-12-26-27(15-21)34-32(14-13-31(26)18-23-17-28-19-30-23)25-10-6-5-9-24(25)22-7-3-2-4-8-22/h2-12,15,17,19H,13-14,16,18H2,1H3,(H,28,30)(H,29,33). The highest BCUT2D eigenvalue weighted by Gasteiger charge is 2.24. The number of nitrogens with one attached hydrogen (secondary N) is 2. The lowest BCUT2D eigenvalue weighted by atomic mass is 10.0. The van der Waals surface area contributed by atoms with Crippen molar-refractivity contribution in [3.8, 4) is 11.1 Å². The molecule has 0 radical (unpaired) electrons. The smallest absolute Gasteiger partial charge is 0.217 e. The maximum atomic E-state index is 11.5. The number of anilines is 2. The highest BCUT2D eigenvalue weighted by molar-refractivity contribution is 8.00. The van der Waals surface area contributed by atoms with Crippen LogP contribution in [0.3, 0.4) is 0 Å². The van der Waals surface area contributed by atoms with Gasteiger partial charge in [-0.25, -0.2) is 4.98 Å². The maximum Gasteiger partial charge on any atom is 0.217 e. The van der Waals surface area contributed by atoms with Crippen LogP contribution in [0.2, 0.25) is 0 Å². The molecule has 0 spiro atoms. The fourth-order valence-corrected chi connectivity index (χ4v) is 5.35. The van der Waals surface area contributed by atoms with E-state index in [9.17, 15) is 4.79 Å². The zero-order chi connectivity index (χ0) is 23.3. The van der Waals surface area contributed by atoms with Gasteiger partial charge in [0, 0.05) is 38.3 Å². The van der Waals surface area contributed by atoms with Gasteiger partial charge in [0.2, 0.25) is 5.91 Å². The van der Waals surface area contributed by atoms with E-state index in [1.54, 1.807) is 25.2 Å². The Morgan fingerprint density at radius 2 is 1.85 bits per heavy atom. The Bertz CT molecular complexity index is 1260. The number of nitrogens with zero attached hydrogens (tertiary/aromatic N) is 3. The minimum atomic E-state index is -0.0267. The number of carbonyl (C=O) groups is 1. The molecular formula is C27H27N5OS. The zero-order valence-corrected chi connectivity index (χ0v) is 19.9. The van der Waals surface area contributed by atoms with Gasteiger partial charge in [0.15, 0.2) is 0 Å². The molecule has 1 amide bonds. The van der Waals surface area contributed by atoms with Crippen molar-refractivity contribution in [2.45, 2.75) is 24.9 Å². The monoisotopic (exact) mass is 469 g/mol. The van der Waals surface area contributed by atoms with Gasteiger partial charge in [-0.15, -0.1) is 0 Å². The number of para-hydroxylation sites is 1. The molecular weight excluding hydrogens is 442 g/mol. The van der Waals surface area contributed by atoms with Gasteiger partial charge >= 0.3 is 0 Å². The number of imidazole rings is 1. The minimum absolute atomic E-state index is 0.0267. The first kappa shape index (κ1) is 22.1. The normalized spacial score (nSPS) is 13.3. The molecule has 7 heteroatoms. The summed E-state index contributed by atoms with van der Waals surface area (Å²) in [6.45, 7) is 4.52. The van der Waals surface area contributed by atoms with Crippen LogP contribution in [0.15, 0.2) is 90.2 Å². The van der Waals surface area contributed by atoms with E-state index in [-0.39, 0.29) is 5.91 Å². The highest BCUT2D eigenvalue weighted by atomic mass is 32.2. The number of hydrogen-bond acceptors (Lipinski definition) is 5. The number of aromatic amines is 1. The number of amides is 1. The third kappa shape index (κ3) is 4.94. The molecule has 0 saturated carbocycles. The molecule has 2 N–H and O–H groups in total. The Kier molecular flexibility index (Phi) is 6.53. The second-order valence-corrected chi connectivity index (χ2v) is 9.33. The molecule has 5 rings (SSSR count).